The van der Waals surface area contributed by atoms with Crippen molar-refractivity contribution in [1.82, 2.24) is 0 Å². The van der Waals surface area contributed by atoms with Crippen molar-refractivity contribution in [2.75, 3.05) is 4.90 Å². The average molecular weight is 550 g/mol. The van der Waals surface area contributed by atoms with Crippen LogP contribution in [0.2, 0.25) is 0 Å². The molecule has 2 atom stereocenters. The molecule has 1 aliphatic heterocycles. The predicted octanol–water partition coefficient (Wildman–Crippen LogP) is 11.3. The second-order valence-corrected chi connectivity index (χ2v) is 12.2. The highest BCUT2D eigenvalue weighted by atomic mass is 15.2. The van der Waals surface area contributed by atoms with E-state index in [1.165, 1.54) is 82.6 Å². The van der Waals surface area contributed by atoms with Gasteiger partial charge in [-0.2, -0.15) is 0 Å². The van der Waals surface area contributed by atoms with Crippen molar-refractivity contribution in [3.8, 4) is 22.3 Å². The van der Waals surface area contributed by atoms with Crippen LogP contribution in [0.3, 0.4) is 0 Å². The second-order valence-electron chi connectivity index (χ2n) is 12.2. The van der Waals surface area contributed by atoms with Gasteiger partial charge in [0.1, 0.15) is 0 Å². The fourth-order valence-electron chi connectivity index (χ4n) is 7.70. The van der Waals surface area contributed by atoms with E-state index < -0.39 is 0 Å². The first-order chi connectivity index (χ1) is 21.2. The number of benzene rings is 7. The summed E-state index contributed by atoms with van der Waals surface area (Å²) >= 11 is 0. The molecule has 9 rings (SSSR count). The summed E-state index contributed by atoms with van der Waals surface area (Å²) in [5, 5.41) is 7.95. The number of hydrogen-bond acceptors (Lipinski definition) is 1. The Kier molecular flexibility index (Phi) is 5.22. The number of aryl methyl sites for hydroxylation is 2. The van der Waals surface area contributed by atoms with E-state index >= 15 is 0 Å². The van der Waals surface area contributed by atoms with Crippen molar-refractivity contribution in [2.45, 2.75) is 25.8 Å². The molecule has 0 saturated carbocycles. The van der Waals surface area contributed by atoms with Crippen molar-refractivity contribution >= 4 is 43.7 Å². The Morgan fingerprint density at radius 2 is 1.16 bits per heavy atom. The quantitative estimate of drug-likeness (QED) is 0.198. The Bertz CT molecular complexity index is 2270. The second kappa shape index (κ2) is 9.18. The molecule has 0 fully saturated rings. The summed E-state index contributed by atoms with van der Waals surface area (Å²) in [6, 6.07) is 43.6. The third-order valence-electron chi connectivity index (χ3n) is 9.75. The molecule has 0 aromatic heterocycles. The van der Waals surface area contributed by atoms with Gasteiger partial charge < -0.3 is 4.90 Å². The summed E-state index contributed by atoms with van der Waals surface area (Å²) in [5.41, 5.74) is 11.7. The van der Waals surface area contributed by atoms with Gasteiger partial charge in [-0.05, 0) is 97.7 Å². The zero-order valence-corrected chi connectivity index (χ0v) is 24.4. The van der Waals surface area contributed by atoms with Crippen molar-refractivity contribution in [2.24, 2.45) is 0 Å². The van der Waals surface area contributed by atoms with Crippen LogP contribution in [0.25, 0.3) is 54.6 Å². The van der Waals surface area contributed by atoms with Gasteiger partial charge in [0.25, 0.3) is 0 Å². The number of fused-ring (bicyclic) bond motifs is 3. The lowest BCUT2D eigenvalue weighted by atomic mass is 9.87. The topological polar surface area (TPSA) is 3.24 Å². The Morgan fingerprint density at radius 3 is 1.88 bits per heavy atom. The van der Waals surface area contributed by atoms with E-state index in [0.29, 0.717) is 12.0 Å². The Morgan fingerprint density at radius 1 is 0.535 bits per heavy atom. The van der Waals surface area contributed by atoms with Crippen molar-refractivity contribution in [3.63, 3.8) is 0 Å². The highest BCUT2D eigenvalue weighted by Gasteiger charge is 2.37. The van der Waals surface area contributed by atoms with Crippen LogP contribution in [-0.2, 0) is 0 Å². The van der Waals surface area contributed by atoms with Gasteiger partial charge in [-0.25, -0.2) is 0 Å². The zero-order chi connectivity index (χ0) is 28.7. The van der Waals surface area contributed by atoms with E-state index in [1.54, 1.807) is 0 Å². The standard InChI is InChI=1S/C42H31N/c1-26-11-13-28(14-12-26)32-20-15-29-18-23-37-33(21-16-30-17-22-36(32)41(29)42(30)37)31-19-24-38(27(2)25-31)43-39-9-5-3-7-34(39)35-8-4-6-10-40(35)43/h3-25,34,39H,1-2H3. The molecule has 0 bridgehead atoms. The van der Waals surface area contributed by atoms with Crippen LogP contribution in [-0.4, -0.2) is 6.04 Å². The fourth-order valence-corrected chi connectivity index (χ4v) is 7.70. The lowest BCUT2D eigenvalue weighted by Crippen LogP contribution is -2.29. The average Bonchev–Trinajstić information content (AvgIpc) is 3.38. The molecule has 0 saturated heterocycles. The van der Waals surface area contributed by atoms with Crippen LogP contribution >= 0.6 is 0 Å². The third kappa shape index (κ3) is 3.58. The molecule has 0 amide bonds. The summed E-state index contributed by atoms with van der Waals surface area (Å²) in [6.07, 6.45) is 9.08. The summed E-state index contributed by atoms with van der Waals surface area (Å²) in [7, 11) is 0. The molecule has 2 unspecified atom stereocenters. The first-order valence-electron chi connectivity index (χ1n) is 15.3. The monoisotopic (exact) mass is 549 g/mol. The van der Waals surface area contributed by atoms with Crippen LogP contribution < -0.4 is 4.90 Å². The number of nitrogens with zero attached hydrogens (tertiary/aromatic N) is 1. The van der Waals surface area contributed by atoms with Gasteiger partial charge in [0, 0.05) is 17.3 Å². The first-order valence-corrected chi connectivity index (χ1v) is 15.3. The van der Waals surface area contributed by atoms with Crippen molar-refractivity contribution in [1.29, 1.82) is 0 Å². The van der Waals surface area contributed by atoms with Gasteiger partial charge in [-0.3, -0.25) is 0 Å². The Hall–Kier alpha value is -5.14. The van der Waals surface area contributed by atoms with E-state index in [0.717, 1.165) is 0 Å². The molecule has 0 spiro atoms. The number of allylic oxidation sites excluding steroid dienone is 2. The van der Waals surface area contributed by atoms with Crippen LogP contribution in [0.15, 0.2) is 140 Å². The molecule has 204 valence electrons. The Labute approximate surface area is 252 Å². The molecular formula is C42H31N. The minimum Gasteiger partial charge on any atom is -0.333 e. The highest BCUT2D eigenvalue weighted by molar-refractivity contribution is 6.27. The molecule has 7 aromatic rings. The molecule has 1 heteroatoms. The van der Waals surface area contributed by atoms with Crippen LogP contribution in [0, 0.1) is 13.8 Å². The molecule has 0 radical (unpaired) electrons. The van der Waals surface area contributed by atoms with Gasteiger partial charge in [0.05, 0.1) is 6.04 Å². The maximum atomic E-state index is 2.54. The highest BCUT2D eigenvalue weighted by Crippen LogP contribution is 2.49. The molecular weight excluding hydrogens is 518 g/mol. The van der Waals surface area contributed by atoms with Crippen LogP contribution in [0.4, 0.5) is 11.4 Å². The van der Waals surface area contributed by atoms with Crippen molar-refractivity contribution in [3.05, 3.63) is 156 Å². The summed E-state index contributed by atoms with van der Waals surface area (Å²) in [5.74, 6) is 0.391. The summed E-state index contributed by atoms with van der Waals surface area (Å²) in [6.45, 7) is 4.41. The van der Waals surface area contributed by atoms with Crippen molar-refractivity contribution < 1.29 is 0 Å². The number of hydrogen-bond donors (Lipinski definition) is 0. The van der Waals surface area contributed by atoms with Crippen LogP contribution in [0.5, 0.6) is 0 Å². The maximum Gasteiger partial charge on any atom is 0.0629 e. The molecule has 2 aliphatic rings. The Balaban J connectivity index is 1.20. The first kappa shape index (κ1) is 24.5. The van der Waals surface area contributed by atoms with Gasteiger partial charge >= 0.3 is 0 Å². The minimum atomic E-state index is 0.309. The minimum absolute atomic E-state index is 0.309. The van der Waals surface area contributed by atoms with Gasteiger partial charge in [-0.1, -0.05) is 127 Å². The van der Waals surface area contributed by atoms with Gasteiger partial charge in [0.15, 0.2) is 0 Å². The lowest BCUT2D eigenvalue weighted by molar-refractivity contribution is 0.743. The largest absolute Gasteiger partial charge is 0.333 e. The van der Waals surface area contributed by atoms with E-state index in [1.807, 2.05) is 0 Å². The molecule has 1 nitrogen and oxygen atoms in total. The zero-order valence-electron chi connectivity index (χ0n) is 24.4. The van der Waals surface area contributed by atoms with E-state index in [4.69, 9.17) is 0 Å². The maximum absolute atomic E-state index is 2.54. The normalized spacial score (nSPS) is 17.3. The van der Waals surface area contributed by atoms with E-state index in [9.17, 15) is 0 Å². The number of rotatable bonds is 3. The van der Waals surface area contributed by atoms with E-state index in [2.05, 4.69) is 158 Å². The molecule has 1 heterocycles. The number of anilines is 2. The van der Waals surface area contributed by atoms with E-state index in [-0.39, 0.29) is 0 Å². The van der Waals surface area contributed by atoms with Crippen LogP contribution in [0.1, 0.15) is 22.6 Å². The third-order valence-corrected chi connectivity index (χ3v) is 9.75. The molecule has 1 aliphatic carbocycles. The lowest BCUT2D eigenvalue weighted by Gasteiger charge is -2.30. The summed E-state index contributed by atoms with van der Waals surface area (Å²) < 4.78 is 0. The fraction of sp³-hybridized carbons (Fsp3) is 0.0952. The predicted molar refractivity (Wildman–Crippen MR) is 184 cm³/mol. The number of para-hydroxylation sites is 1. The molecule has 0 N–H and O–H groups in total. The molecule has 43 heavy (non-hydrogen) atoms. The SMILES string of the molecule is Cc1ccc(-c2ccc3ccc4c(-c5ccc(N6c7ccccc7C7C=CC=CC76)c(C)c5)ccc5ccc2c3c54)cc1. The molecule has 7 aromatic carbocycles. The smallest absolute Gasteiger partial charge is 0.0629 e. The van der Waals surface area contributed by atoms with Gasteiger partial charge in [-0.15, -0.1) is 0 Å². The van der Waals surface area contributed by atoms with Gasteiger partial charge in [0.2, 0.25) is 0 Å². The summed E-state index contributed by atoms with van der Waals surface area (Å²) in [4.78, 5) is 2.54.